The average molecular weight is 895 g/mol. The van der Waals surface area contributed by atoms with Crippen molar-refractivity contribution in [3.63, 3.8) is 0 Å². The minimum atomic E-state index is 0.721. The Balaban J connectivity index is 0.00000101. The van der Waals surface area contributed by atoms with E-state index in [9.17, 15) is 0 Å². The fourth-order valence-electron chi connectivity index (χ4n) is 7.75. The molecule has 0 heterocycles. The Morgan fingerprint density at radius 1 is 0.412 bits per heavy atom. The zero-order chi connectivity index (χ0) is 48.7. The lowest BCUT2D eigenvalue weighted by Crippen LogP contribution is -1.98. The van der Waals surface area contributed by atoms with E-state index in [2.05, 4.69) is 246 Å². The molecule has 0 spiro atoms. The quantitative estimate of drug-likeness (QED) is 0.107. The van der Waals surface area contributed by atoms with Gasteiger partial charge in [-0.25, -0.2) is 0 Å². The summed E-state index contributed by atoms with van der Waals surface area (Å²) in [6.45, 7) is 16.6. The average Bonchev–Trinajstić information content (AvgIpc) is 3.39. The second-order valence-electron chi connectivity index (χ2n) is 16.7. The summed E-state index contributed by atoms with van der Waals surface area (Å²) in [6, 6.07) is 71.0. The summed E-state index contributed by atoms with van der Waals surface area (Å²) in [5.41, 5.74) is 17.4. The third-order valence-electron chi connectivity index (χ3n) is 10.9. The van der Waals surface area contributed by atoms with E-state index in [1.807, 2.05) is 33.8 Å². The second kappa shape index (κ2) is 27.3. The molecule has 0 bridgehead atoms. The molecule has 8 rings (SSSR count). The van der Waals surface area contributed by atoms with Gasteiger partial charge in [0.15, 0.2) is 0 Å². The number of hydrogen-bond donors (Lipinski definition) is 0. The Morgan fingerprint density at radius 3 is 1.24 bits per heavy atom. The number of para-hydroxylation sites is 1. The van der Waals surface area contributed by atoms with Crippen molar-refractivity contribution in [2.24, 2.45) is 5.92 Å². The van der Waals surface area contributed by atoms with Gasteiger partial charge in [0.05, 0.1) is 14.2 Å². The van der Waals surface area contributed by atoms with Gasteiger partial charge < -0.3 is 9.47 Å². The van der Waals surface area contributed by atoms with E-state index in [0.29, 0.717) is 0 Å². The first-order valence-electron chi connectivity index (χ1n) is 24.2. The van der Waals surface area contributed by atoms with E-state index in [4.69, 9.17) is 9.47 Å². The molecule has 0 aliphatic carbocycles. The molecule has 346 valence electrons. The summed E-state index contributed by atoms with van der Waals surface area (Å²) in [7, 11) is 3.46. The highest BCUT2D eigenvalue weighted by Gasteiger charge is 2.12. The third-order valence-corrected chi connectivity index (χ3v) is 10.9. The molecule has 0 unspecified atom stereocenters. The van der Waals surface area contributed by atoms with Crippen LogP contribution in [0.25, 0.3) is 46.6 Å². The van der Waals surface area contributed by atoms with Crippen molar-refractivity contribution < 1.29 is 9.47 Å². The van der Waals surface area contributed by atoms with Gasteiger partial charge in [-0.2, -0.15) is 0 Å². The molecule has 0 amide bonds. The van der Waals surface area contributed by atoms with Crippen molar-refractivity contribution in [1.29, 1.82) is 0 Å². The summed E-state index contributed by atoms with van der Waals surface area (Å²) in [5, 5.41) is 0. The van der Waals surface area contributed by atoms with Crippen LogP contribution in [0, 0.1) is 12.8 Å². The van der Waals surface area contributed by atoms with Crippen molar-refractivity contribution >= 4 is 35.5 Å². The lowest BCUT2D eigenvalue weighted by atomic mass is 9.94. The molecular weight excluding hydrogens is 825 g/mol. The molecule has 2 heteroatoms. The number of aryl methyl sites for hydroxylation is 1. The predicted molar refractivity (Wildman–Crippen MR) is 297 cm³/mol. The van der Waals surface area contributed by atoms with Crippen LogP contribution in [0.15, 0.2) is 200 Å². The highest BCUT2D eigenvalue weighted by Crippen LogP contribution is 2.32. The monoisotopic (exact) mass is 895 g/mol. The molecule has 0 aliphatic heterocycles. The molecule has 0 fully saturated rings. The van der Waals surface area contributed by atoms with Crippen molar-refractivity contribution in [3.05, 3.63) is 261 Å². The molecule has 0 saturated heterocycles. The van der Waals surface area contributed by atoms with Crippen molar-refractivity contribution in [1.82, 2.24) is 0 Å². The molecule has 68 heavy (non-hydrogen) atoms. The maximum absolute atomic E-state index is 5.75. The molecular formula is C66H70O2. The van der Waals surface area contributed by atoms with E-state index in [-0.39, 0.29) is 0 Å². The number of ether oxygens (including phenoxy) is 2. The predicted octanol–water partition coefficient (Wildman–Crippen LogP) is 18.3. The SMILES string of the molecule is CC.CC.CC(C)C.COc1ccc(/C=C/c2ccc(/C(=C\c3ccc(-c4ccc(C=C(c5ccccc5)c5ccccc5)cc4)cc3)c3ccccc3)cc2)cc1Cc1cccc(C)c1OC. The molecule has 0 saturated carbocycles. The van der Waals surface area contributed by atoms with Gasteiger partial charge in [-0.3, -0.25) is 0 Å². The number of methoxy groups -OCH3 is 2. The second-order valence-corrected chi connectivity index (χ2v) is 16.7. The lowest BCUT2D eigenvalue weighted by Gasteiger charge is -2.14. The van der Waals surface area contributed by atoms with E-state index in [1.54, 1.807) is 14.2 Å². The first-order chi connectivity index (χ1) is 33.3. The van der Waals surface area contributed by atoms with Crippen LogP contribution in [0.3, 0.4) is 0 Å². The Labute approximate surface area is 409 Å². The topological polar surface area (TPSA) is 18.5 Å². The molecule has 0 atom stereocenters. The van der Waals surface area contributed by atoms with Crippen LogP contribution in [0.1, 0.15) is 110 Å². The van der Waals surface area contributed by atoms with Crippen LogP contribution >= 0.6 is 0 Å². The van der Waals surface area contributed by atoms with E-state index < -0.39 is 0 Å². The standard InChI is InChI=1S/C58H48O2.C4H10.2C2H6/c1-42-14-13-21-53(58(42)60-3)41-54-38-44(30-37-57(54)59-2)23-22-43-24-35-52(36-25-43)56(51-19-11-6-12-20-51)40-46-28-33-48(34-29-46)47-31-26-45(27-32-47)39-55(49-15-7-4-8-16-49)50-17-9-5-10-18-50;1-4(2)3;2*1-2/h4-40H,41H2,1-3H3;4H,1-3H3;2*1-2H3/b23-22+,56-40-;;;. The Hall–Kier alpha value is -7.42. The van der Waals surface area contributed by atoms with Crippen LogP contribution in [0.5, 0.6) is 11.5 Å². The summed E-state index contributed by atoms with van der Waals surface area (Å²) in [5.74, 6) is 2.63. The summed E-state index contributed by atoms with van der Waals surface area (Å²) < 4.78 is 11.5. The number of hydrogen-bond acceptors (Lipinski definition) is 2. The largest absolute Gasteiger partial charge is 0.496 e. The van der Waals surface area contributed by atoms with Gasteiger partial charge in [0.2, 0.25) is 0 Å². The van der Waals surface area contributed by atoms with E-state index in [0.717, 1.165) is 62.8 Å². The highest BCUT2D eigenvalue weighted by molar-refractivity contribution is 5.93. The Bertz CT molecular complexity index is 2750. The van der Waals surface area contributed by atoms with Crippen molar-refractivity contribution in [2.75, 3.05) is 14.2 Å². The molecule has 2 nitrogen and oxygen atoms in total. The maximum atomic E-state index is 5.75. The van der Waals surface area contributed by atoms with Crippen LogP contribution in [-0.4, -0.2) is 14.2 Å². The lowest BCUT2D eigenvalue weighted by molar-refractivity contribution is 0.403. The van der Waals surface area contributed by atoms with Crippen LogP contribution < -0.4 is 9.47 Å². The number of rotatable bonds is 13. The number of benzene rings is 8. The minimum absolute atomic E-state index is 0.721. The molecule has 0 aromatic heterocycles. The normalized spacial score (nSPS) is 10.7. The van der Waals surface area contributed by atoms with E-state index >= 15 is 0 Å². The molecule has 8 aromatic carbocycles. The smallest absolute Gasteiger partial charge is 0.125 e. The van der Waals surface area contributed by atoms with Crippen molar-refractivity contribution in [2.45, 2.75) is 61.8 Å². The fraction of sp³-hybridized carbons (Fsp3) is 0.182. The summed E-state index contributed by atoms with van der Waals surface area (Å²) >= 11 is 0. The van der Waals surface area contributed by atoms with Crippen LogP contribution in [0.4, 0.5) is 0 Å². The first kappa shape index (κ1) is 51.6. The van der Waals surface area contributed by atoms with Gasteiger partial charge in [0.1, 0.15) is 11.5 Å². The molecule has 0 N–H and O–H groups in total. The molecule has 8 aromatic rings. The van der Waals surface area contributed by atoms with Crippen molar-refractivity contribution in [3.8, 4) is 22.6 Å². The molecule has 0 aliphatic rings. The summed E-state index contributed by atoms with van der Waals surface area (Å²) in [6.07, 6.45) is 9.62. The maximum Gasteiger partial charge on any atom is 0.125 e. The fourth-order valence-corrected chi connectivity index (χ4v) is 7.75. The Morgan fingerprint density at radius 2 is 0.809 bits per heavy atom. The van der Waals surface area contributed by atoms with Gasteiger partial charge in [0, 0.05) is 6.42 Å². The third kappa shape index (κ3) is 14.8. The van der Waals surface area contributed by atoms with Gasteiger partial charge in [-0.05, 0) is 121 Å². The van der Waals surface area contributed by atoms with Crippen LogP contribution in [0.2, 0.25) is 0 Å². The first-order valence-corrected chi connectivity index (χ1v) is 24.2. The minimum Gasteiger partial charge on any atom is -0.496 e. The van der Waals surface area contributed by atoms with Crippen LogP contribution in [-0.2, 0) is 6.42 Å². The van der Waals surface area contributed by atoms with Gasteiger partial charge in [-0.1, -0.05) is 249 Å². The zero-order valence-corrected chi connectivity index (χ0v) is 42.0. The van der Waals surface area contributed by atoms with E-state index in [1.165, 1.54) is 44.5 Å². The van der Waals surface area contributed by atoms with Gasteiger partial charge in [0.25, 0.3) is 0 Å². The van der Waals surface area contributed by atoms with Gasteiger partial charge in [-0.15, -0.1) is 0 Å². The Kier molecular flexibility index (Phi) is 20.7. The molecule has 0 radical (unpaired) electrons. The summed E-state index contributed by atoms with van der Waals surface area (Å²) in [4.78, 5) is 0. The van der Waals surface area contributed by atoms with Gasteiger partial charge >= 0.3 is 0 Å². The highest BCUT2D eigenvalue weighted by atomic mass is 16.5. The zero-order valence-electron chi connectivity index (χ0n) is 42.0.